The molecule has 0 bridgehead atoms. The number of esters is 1. The molecule has 4 fully saturated rings. The van der Waals surface area contributed by atoms with Gasteiger partial charge in [-0.05, 0) is 38.5 Å². The molecular weight excluding hydrogens is 541 g/mol. The van der Waals surface area contributed by atoms with E-state index in [1.807, 2.05) is 6.04 Å². The van der Waals surface area contributed by atoms with Crippen LogP contribution in [0.5, 0.6) is 0 Å². The average Bonchev–Trinajstić information content (AvgIpc) is 3.80. The van der Waals surface area contributed by atoms with Gasteiger partial charge in [0.25, 0.3) is 0 Å². The lowest BCUT2D eigenvalue weighted by atomic mass is 9.84. The van der Waals surface area contributed by atoms with Crippen molar-refractivity contribution in [3.8, 4) is 0 Å². The summed E-state index contributed by atoms with van der Waals surface area (Å²) in [5.74, 6) is -0.0482. The first-order chi connectivity index (χ1) is 19.1. The molecule has 0 amide bonds. The molecule has 4 saturated heterocycles. The fraction of sp³-hybridized carbons (Fsp3) is 0.970. The highest BCUT2D eigenvalue weighted by molar-refractivity contribution is 8.80. The number of carbonyl (C=O) groups is 1. The topological polar surface area (TPSA) is 26.3 Å². The van der Waals surface area contributed by atoms with Gasteiger partial charge in [-0.25, -0.2) is 0 Å². The Hall–Kier alpha value is 0.338. The maximum Gasteiger partial charge on any atom is 0.303 e. The highest BCUT2D eigenvalue weighted by Gasteiger charge is 3.10. The maximum atomic E-state index is 12.2. The summed E-state index contributed by atoms with van der Waals surface area (Å²) in [4.78, 5) is 12.2. The van der Waals surface area contributed by atoms with Gasteiger partial charge in [0, 0.05) is 35.6 Å². The molecule has 0 aromatic rings. The second-order valence-corrected chi connectivity index (χ2v) is 57.3. The van der Waals surface area contributed by atoms with Crippen molar-refractivity contribution < 1.29 is 9.53 Å². The number of carbonyl (C=O) groups excluding carboxylic acids is 1. The van der Waals surface area contributed by atoms with Gasteiger partial charge in [0.1, 0.15) is 5.60 Å². The SMILES string of the molecule is CCCCCCCCCCC(CCCCCCCCCC)(CCCCCCCCCC[Si]12[Si]3[Si]1[Si]32)OC(C)=O. The molecule has 4 aliphatic rings. The molecule has 0 spiro atoms. The van der Waals surface area contributed by atoms with Gasteiger partial charge in [-0.1, -0.05) is 155 Å². The van der Waals surface area contributed by atoms with Crippen LogP contribution in [0.2, 0.25) is 6.04 Å². The van der Waals surface area contributed by atoms with Crippen molar-refractivity contribution in [1.82, 2.24) is 0 Å². The summed E-state index contributed by atoms with van der Waals surface area (Å²) in [6, 6.07) is 1.85. The molecule has 0 unspecified atom stereocenters. The second kappa shape index (κ2) is 18.8. The van der Waals surface area contributed by atoms with Crippen LogP contribution in [0, 0.1) is 0 Å². The predicted molar refractivity (Wildman–Crippen MR) is 178 cm³/mol. The van der Waals surface area contributed by atoms with Gasteiger partial charge in [-0.15, -0.1) is 0 Å². The lowest BCUT2D eigenvalue weighted by Gasteiger charge is -2.34. The molecule has 225 valence electrons. The van der Waals surface area contributed by atoms with Crippen LogP contribution < -0.4 is 0 Å². The Labute approximate surface area is 249 Å². The van der Waals surface area contributed by atoms with Crippen molar-refractivity contribution in [3.63, 3.8) is 0 Å². The van der Waals surface area contributed by atoms with E-state index in [2.05, 4.69) is 13.8 Å². The molecule has 4 rings (SSSR count). The molecule has 0 saturated carbocycles. The number of hydrogen-bond donors (Lipinski definition) is 0. The van der Waals surface area contributed by atoms with Gasteiger partial charge in [0.15, 0.2) is 0 Å². The first-order valence-electron chi connectivity index (χ1n) is 17.9. The third kappa shape index (κ3) is 12.2. The van der Waals surface area contributed by atoms with Gasteiger partial charge in [0.2, 0.25) is 0 Å². The normalized spacial score (nSPS) is 17.4. The Bertz CT molecular complexity index is 624. The number of rotatable bonds is 30. The largest absolute Gasteiger partial charge is 0.459 e. The Kier molecular flexibility index (Phi) is 16.3. The van der Waals surface area contributed by atoms with Crippen LogP contribution in [-0.4, -0.2) is 40.2 Å². The monoisotopic (exact) mass is 605 g/mol. The fourth-order valence-corrected chi connectivity index (χ4v) is 157. The summed E-state index contributed by atoms with van der Waals surface area (Å²) >= 11 is 0. The summed E-state index contributed by atoms with van der Waals surface area (Å²) < 4.78 is 6.24. The lowest BCUT2D eigenvalue weighted by Crippen LogP contribution is -2.35. The zero-order valence-corrected chi connectivity index (χ0v) is 30.6. The van der Waals surface area contributed by atoms with Crippen LogP contribution in [0.1, 0.15) is 194 Å². The van der Waals surface area contributed by atoms with Crippen molar-refractivity contribution in [3.05, 3.63) is 0 Å². The van der Waals surface area contributed by atoms with Crippen molar-refractivity contribution in [2.75, 3.05) is 0 Å². The first kappa shape index (κ1) is 33.8. The number of hydrogen-bond acceptors (Lipinski definition) is 2. The van der Waals surface area contributed by atoms with Crippen molar-refractivity contribution in [2.45, 2.75) is 206 Å². The minimum absolute atomic E-state index is 0.0472. The van der Waals surface area contributed by atoms with Gasteiger partial charge in [-0.3, -0.25) is 4.79 Å². The van der Waals surface area contributed by atoms with E-state index in [0.29, 0.717) is 0 Å². The maximum absolute atomic E-state index is 12.2. The Balaban J connectivity index is 1.28. The Morgan fingerprint density at radius 3 is 1.13 bits per heavy atom. The summed E-state index contributed by atoms with van der Waals surface area (Å²) in [5.41, 5.74) is -0.182. The quantitative estimate of drug-likeness (QED) is 0.0462. The zero-order chi connectivity index (χ0) is 27.8. The third-order valence-corrected chi connectivity index (χ3v) is 100. The molecule has 0 aromatic heterocycles. The van der Waals surface area contributed by atoms with Crippen LogP contribution in [0.4, 0.5) is 0 Å². The highest BCUT2D eigenvalue weighted by Crippen LogP contribution is 2.75. The van der Waals surface area contributed by atoms with Crippen molar-refractivity contribution in [2.24, 2.45) is 0 Å². The van der Waals surface area contributed by atoms with Gasteiger partial charge in [-0.2, -0.15) is 0 Å². The standard InChI is InChI=1S/C33H65O2Si4/c1-4-6-8-10-12-16-20-24-28-33(35-32(3)34,29-25-21-17-13-11-9-7-5-2)30-26-22-18-14-15-19-23-27-31-39-36-37(39)38(36)39/h4-31H2,1-3H3. The van der Waals surface area contributed by atoms with E-state index >= 15 is 0 Å². The summed E-state index contributed by atoms with van der Waals surface area (Å²) in [5, 5.41) is 0. The predicted octanol–water partition coefficient (Wildman–Crippen LogP) is 10.3. The Morgan fingerprint density at radius 1 is 0.513 bits per heavy atom. The molecule has 0 aromatic carbocycles. The van der Waals surface area contributed by atoms with Gasteiger partial charge in [0.05, 0.1) is 0 Å². The summed E-state index contributed by atoms with van der Waals surface area (Å²) in [6.07, 6.45) is 36.4. The third-order valence-electron chi connectivity index (χ3n) is 10.0. The van der Waals surface area contributed by atoms with E-state index in [0.717, 1.165) is 41.3 Å². The van der Waals surface area contributed by atoms with Crippen LogP contribution in [0.25, 0.3) is 0 Å². The minimum atomic E-state index is -0.182. The number of unbranched alkanes of at least 4 members (excludes halogenated alkanes) is 21. The van der Waals surface area contributed by atoms with Crippen LogP contribution in [0.15, 0.2) is 0 Å². The fourth-order valence-electron chi connectivity index (χ4n) is 7.23. The molecule has 4 heterocycles. The smallest absolute Gasteiger partial charge is 0.303 e. The van der Waals surface area contributed by atoms with Crippen LogP contribution >= 0.6 is 0 Å². The van der Waals surface area contributed by atoms with E-state index in [1.54, 1.807) is 19.8 Å². The molecule has 3 radical (unpaired) electrons. The van der Waals surface area contributed by atoms with E-state index in [1.165, 1.54) is 141 Å². The van der Waals surface area contributed by atoms with E-state index in [-0.39, 0.29) is 18.2 Å². The molecule has 4 aliphatic heterocycles. The molecule has 0 N–H and O–H groups in total. The highest BCUT2D eigenvalue weighted by atomic mass is 31.1. The first-order valence-corrected chi connectivity index (χ1v) is 30.6. The molecule has 0 atom stereocenters. The molecular formula is C33H65O2Si4. The van der Waals surface area contributed by atoms with Crippen LogP contribution in [0.3, 0.4) is 0 Å². The molecule has 39 heavy (non-hydrogen) atoms. The summed E-state index contributed by atoms with van der Waals surface area (Å²) in [7, 11) is 2.16. The number of ether oxygens (including phenoxy) is 1. The van der Waals surface area contributed by atoms with E-state index in [9.17, 15) is 4.79 Å². The van der Waals surface area contributed by atoms with Crippen molar-refractivity contribution >= 4 is 34.6 Å². The van der Waals surface area contributed by atoms with Crippen LogP contribution in [-0.2, 0) is 9.53 Å². The minimum Gasteiger partial charge on any atom is -0.459 e. The van der Waals surface area contributed by atoms with Gasteiger partial charge >= 0.3 is 5.97 Å². The zero-order valence-electron chi connectivity index (χ0n) is 26.6. The Morgan fingerprint density at radius 2 is 0.821 bits per heavy atom. The average molecular weight is 606 g/mol. The summed E-state index contributed by atoms with van der Waals surface area (Å²) in [6.45, 7) is 6.19. The lowest BCUT2D eigenvalue weighted by molar-refractivity contribution is -0.160. The molecule has 0 aliphatic carbocycles. The van der Waals surface area contributed by atoms with Crippen molar-refractivity contribution in [1.29, 1.82) is 0 Å². The van der Waals surface area contributed by atoms with Gasteiger partial charge < -0.3 is 4.74 Å². The van der Waals surface area contributed by atoms with E-state index < -0.39 is 0 Å². The second-order valence-electron chi connectivity index (χ2n) is 13.6. The molecule has 6 heteroatoms. The molecule has 2 nitrogen and oxygen atoms in total. The van der Waals surface area contributed by atoms with E-state index in [4.69, 9.17) is 4.74 Å².